The molecule has 1 aliphatic carbocycles. The highest BCUT2D eigenvalue weighted by Gasteiger charge is 2.34. The first-order valence-electron chi connectivity index (χ1n) is 10.5. The van der Waals surface area contributed by atoms with Crippen molar-refractivity contribution in [3.8, 4) is 0 Å². The molecule has 0 spiro atoms. The molecule has 0 radical (unpaired) electrons. The van der Waals surface area contributed by atoms with Gasteiger partial charge >= 0.3 is 0 Å². The van der Waals surface area contributed by atoms with E-state index in [0.29, 0.717) is 17.0 Å². The molecule has 0 amide bonds. The van der Waals surface area contributed by atoms with Gasteiger partial charge in [0.15, 0.2) is 10.8 Å². The lowest BCUT2D eigenvalue weighted by atomic mass is 9.71. The summed E-state index contributed by atoms with van der Waals surface area (Å²) in [5.74, 6) is 0.918. The lowest BCUT2D eigenvalue weighted by Crippen LogP contribution is -2.36. The summed E-state index contributed by atoms with van der Waals surface area (Å²) in [4.78, 5) is 12.1. The number of anilines is 1. The first kappa shape index (κ1) is 18.1. The molecule has 4 aromatic rings. The number of fused-ring (bicyclic) bond motifs is 2. The van der Waals surface area contributed by atoms with E-state index in [1.54, 1.807) is 0 Å². The molecule has 2 aliphatic rings. The third-order valence-electron chi connectivity index (χ3n) is 6.34. The molecule has 6 nitrogen and oxygen atoms in total. The maximum Gasteiger partial charge on any atom is 0.177 e. The van der Waals surface area contributed by atoms with Gasteiger partial charge in [0.05, 0.1) is 36.3 Å². The summed E-state index contributed by atoms with van der Waals surface area (Å²) < 4.78 is 7.33. The average Bonchev–Trinajstić information content (AvgIpc) is 3.16. The summed E-state index contributed by atoms with van der Waals surface area (Å²) in [6.45, 7) is 3.14. The zero-order chi connectivity index (χ0) is 20.1. The number of hydrogen-bond donors (Lipinski definition) is 0. The molecule has 1 aromatic carbocycles. The number of imidazole rings is 1. The molecule has 4 heterocycles. The summed E-state index contributed by atoms with van der Waals surface area (Å²) in [5, 5.41) is 6.13. The van der Waals surface area contributed by atoms with Crippen molar-refractivity contribution < 1.29 is 4.74 Å². The van der Waals surface area contributed by atoms with Gasteiger partial charge in [0.1, 0.15) is 0 Å². The standard InChI is InChI=1S/C23H22ClN5O/c24-22-13-21(28-7-9-30-10-8-28)23-26-20(14-29(23)27-22)17-11-16(12-17)19-6-5-15-3-1-2-4-18(15)25-19/h1-6,13-14,16-17H,7-12H2. The highest BCUT2D eigenvalue weighted by atomic mass is 35.5. The van der Waals surface area contributed by atoms with E-state index in [0.717, 1.165) is 61.7 Å². The van der Waals surface area contributed by atoms with Crippen LogP contribution in [0.15, 0.2) is 48.7 Å². The van der Waals surface area contributed by atoms with Crippen LogP contribution in [0.2, 0.25) is 5.15 Å². The highest BCUT2D eigenvalue weighted by Crippen LogP contribution is 2.47. The van der Waals surface area contributed by atoms with Crippen LogP contribution in [0.5, 0.6) is 0 Å². The number of morpholine rings is 1. The molecule has 1 saturated carbocycles. The number of rotatable bonds is 3. The Balaban J connectivity index is 1.26. The molecule has 1 aliphatic heterocycles. The van der Waals surface area contributed by atoms with E-state index in [1.807, 2.05) is 22.8 Å². The predicted molar refractivity (Wildman–Crippen MR) is 117 cm³/mol. The molecule has 6 rings (SSSR count). The van der Waals surface area contributed by atoms with Crippen molar-refractivity contribution in [1.29, 1.82) is 0 Å². The van der Waals surface area contributed by atoms with E-state index in [-0.39, 0.29) is 0 Å². The van der Waals surface area contributed by atoms with E-state index in [4.69, 9.17) is 26.3 Å². The molecular formula is C23H22ClN5O. The van der Waals surface area contributed by atoms with Gasteiger partial charge in [-0.25, -0.2) is 9.50 Å². The van der Waals surface area contributed by atoms with Crippen molar-refractivity contribution in [3.63, 3.8) is 0 Å². The third kappa shape index (κ3) is 3.11. The van der Waals surface area contributed by atoms with Gasteiger partial charge in [-0.3, -0.25) is 4.98 Å². The maximum atomic E-state index is 6.30. The second kappa shape index (κ2) is 7.22. The second-order valence-corrected chi connectivity index (χ2v) is 8.57. The van der Waals surface area contributed by atoms with Gasteiger partial charge in [-0.1, -0.05) is 35.9 Å². The summed E-state index contributed by atoms with van der Waals surface area (Å²) >= 11 is 6.30. The number of nitrogens with zero attached hydrogens (tertiary/aromatic N) is 5. The Bertz CT molecular complexity index is 1230. The van der Waals surface area contributed by atoms with Crippen molar-refractivity contribution in [3.05, 3.63) is 65.2 Å². The average molecular weight is 420 g/mol. The van der Waals surface area contributed by atoms with Crippen LogP contribution in [0.1, 0.15) is 36.1 Å². The van der Waals surface area contributed by atoms with Crippen LogP contribution in [0.3, 0.4) is 0 Å². The highest BCUT2D eigenvalue weighted by molar-refractivity contribution is 6.29. The Morgan fingerprint density at radius 1 is 0.933 bits per heavy atom. The first-order valence-corrected chi connectivity index (χ1v) is 10.9. The molecule has 30 heavy (non-hydrogen) atoms. The van der Waals surface area contributed by atoms with E-state index >= 15 is 0 Å². The number of halogens is 1. The minimum Gasteiger partial charge on any atom is -0.378 e. The molecule has 152 valence electrons. The third-order valence-corrected chi connectivity index (χ3v) is 6.53. The Morgan fingerprint density at radius 3 is 2.60 bits per heavy atom. The van der Waals surface area contributed by atoms with Crippen LogP contribution in [0.4, 0.5) is 5.69 Å². The van der Waals surface area contributed by atoms with Crippen LogP contribution in [-0.2, 0) is 4.74 Å². The molecule has 2 fully saturated rings. The number of para-hydroxylation sites is 1. The normalized spacial score (nSPS) is 21.8. The number of aromatic nitrogens is 4. The zero-order valence-corrected chi connectivity index (χ0v) is 17.3. The van der Waals surface area contributed by atoms with E-state index in [2.05, 4.69) is 40.3 Å². The summed E-state index contributed by atoms with van der Waals surface area (Å²) in [5.41, 5.74) is 5.26. The first-order chi connectivity index (χ1) is 14.7. The molecule has 0 bridgehead atoms. The van der Waals surface area contributed by atoms with Gasteiger partial charge < -0.3 is 9.64 Å². The molecule has 0 unspecified atom stereocenters. The minimum absolute atomic E-state index is 0.432. The number of benzene rings is 1. The Kier molecular flexibility index (Phi) is 4.35. The Labute approximate surface area is 179 Å². The Hall–Kier alpha value is -2.70. The molecule has 0 atom stereocenters. The van der Waals surface area contributed by atoms with E-state index in [1.165, 1.54) is 11.1 Å². The van der Waals surface area contributed by atoms with Gasteiger partial charge in [0.25, 0.3) is 0 Å². The Morgan fingerprint density at radius 2 is 1.73 bits per heavy atom. The van der Waals surface area contributed by atoms with E-state index in [9.17, 15) is 0 Å². The van der Waals surface area contributed by atoms with Crippen LogP contribution in [-0.4, -0.2) is 45.9 Å². The predicted octanol–water partition coefficient (Wildman–Crippen LogP) is 4.43. The van der Waals surface area contributed by atoms with E-state index < -0.39 is 0 Å². The lowest BCUT2D eigenvalue weighted by molar-refractivity contribution is 0.123. The minimum atomic E-state index is 0.432. The SMILES string of the molecule is Clc1cc(N2CCOCC2)c2nc(C3CC(c4ccc5ccccc5n4)C3)cn2n1. The fourth-order valence-electron chi connectivity index (χ4n) is 4.59. The van der Waals surface area contributed by atoms with Crippen molar-refractivity contribution in [2.24, 2.45) is 0 Å². The van der Waals surface area contributed by atoms with Crippen LogP contribution in [0, 0.1) is 0 Å². The topological polar surface area (TPSA) is 55.5 Å². The molecule has 7 heteroatoms. The summed E-state index contributed by atoms with van der Waals surface area (Å²) in [6, 6.07) is 14.6. The van der Waals surface area contributed by atoms with Gasteiger partial charge in [-0.05, 0) is 25.0 Å². The van der Waals surface area contributed by atoms with Gasteiger partial charge in [-0.15, -0.1) is 0 Å². The fourth-order valence-corrected chi connectivity index (χ4v) is 4.78. The molecule has 0 N–H and O–H groups in total. The fraction of sp³-hybridized carbons (Fsp3) is 0.348. The molecule has 3 aromatic heterocycles. The summed E-state index contributed by atoms with van der Waals surface area (Å²) in [7, 11) is 0. The second-order valence-electron chi connectivity index (χ2n) is 8.18. The maximum absolute atomic E-state index is 6.30. The van der Waals surface area contributed by atoms with Crippen molar-refractivity contribution >= 4 is 33.8 Å². The van der Waals surface area contributed by atoms with Gasteiger partial charge in [-0.2, -0.15) is 5.10 Å². The zero-order valence-electron chi connectivity index (χ0n) is 16.5. The number of hydrogen-bond acceptors (Lipinski definition) is 5. The van der Waals surface area contributed by atoms with Gasteiger partial charge in [0.2, 0.25) is 0 Å². The molecule has 1 saturated heterocycles. The summed E-state index contributed by atoms with van der Waals surface area (Å²) in [6.07, 6.45) is 4.17. The van der Waals surface area contributed by atoms with Crippen LogP contribution in [0.25, 0.3) is 16.6 Å². The van der Waals surface area contributed by atoms with Crippen molar-refractivity contribution in [1.82, 2.24) is 19.6 Å². The molecular weight excluding hydrogens is 398 g/mol. The van der Waals surface area contributed by atoms with Crippen molar-refractivity contribution in [2.75, 3.05) is 31.2 Å². The lowest BCUT2D eigenvalue weighted by Gasteiger charge is -2.33. The van der Waals surface area contributed by atoms with Crippen molar-refractivity contribution in [2.45, 2.75) is 24.7 Å². The van der Waals surface area contributed by atoms with Gasteiger partial charge in [0, 0.05) is 42.1 Å². The smallest absolute Gasteiger partial charge is 0.177 e. The largest absolute Gasteiger partial charge is 0.378 e. The van der Waals surface area contributed by atoms with Crippen LogP contribution < -0.4 is 4.90 Å². The monoisotopic (exact) mass is 419 g/mol. The number of ether oxygens (including phenoxy) is 1. The quantitative estimate of drug-likeness (QED) is 0.491. The number of pyridine rings is 1. The van der Waals surface area contributed by atoms with Crippen LogP contribution >= 0.6 is 11.6 Å².